The van der Waals surface area contributed by atoms with Crippen molar-refractivity contribution in [1.82, 2.24) is 14.8 Å². The smallest absolute Gasteiger partial charge is 0.176 e. The molecule has 0 fully saturated rings. The Bertz CT molecular complexity index is 878. The summed E-state index contributed by atoms with van der Waals surface area (Å²) >= 11 is 0. The summed E-state index contributed by atoms with van der Waals surface area (Å²) in [5, 5.41) is 10.0. The van der Waals surface area contributed by atoms with Gasteiger partial charge >= 0.3 is 0 Å². The second kappa shape index (κ2) is 5.37. The van der Waals surface area contributed by atoms with Crippen molar-refractivity contribution in [2.45, 2.75) is 40.3 Å². The third-order valence-electron chi connectivity index (χ3n) is 5.17. The summed E-state index contributed by atoms with van der Waals surface area (Å²) in [6, 6.07) is 8.72. The van der Waals surface area contributed by atoms with E-state index in [1.807, 2.05) is 6.20 Å². The van der Waals surface area contributed by atoms with E-state index in [9.17, 15) is 0 Å². The van der Waals surface area contributed by atoms with Crippen LogP contribution in [0.25, 0.3) is 10.9 Å². The van der Waals surface area contributed by atoms with E-state index in [1.165, 1.54) is 33.3 Å². The maximum Gasteiger partial charge on any atom is 0.176 e. The van der Waals surface area contributed by atoms with Crippen LogP contribution in [0.5, 0.6) is 0 Å². The Labute approximate surface area is 136 Å². The van der Waals surface area contributed by atoms with Crippen molar-refractivity contribution >= 4 is 16.7 Å². The van der Waals surface area contributed by atoms with Crippen molar-refractivity contribution in [1.29, 1.82) is 0 Å². The predicted octanol–water partition coefficient (Wildman–Crippen LogP) is 3.63. The van der Waals surface area contributed by atoms with E-state index in [0.717, 1.165) is 31.9 Å². The van der Waals surface area contributed by atoms with Gasteiger partial charge in [-0.15, -0.1) is 5.10 Å². The fourth-order valence-electron chi connectivity index (χ4n) is 3.76. The Kier molecular flexibility index (Phi) is 3.33. The first-order valence-corrected chi connectivity index (χ1v) is 8.33. The molecule has 1 aliphatic rings. The lowest BCUT2D eigenvalue weighted by Crippen LogP contribution is -2.31. The highest BCUT2D eigenvalue weighted by molar-refractivity contribution is 5.92. The molecule has 4 nitrogen and oxygen atoms in total. The van der Waals surface area contributed by atoms with E-state index in [0.29, 0.717) is 0 Å². The summed E-state index contributed by atoms with van der Waals surface area (Å²) in [6.45, 7) is 9.44. The van der Waals surface area contributed by atoms with Gasteiger partial charge in [0.15, 0.2) is 5.82 Å². The number of hydrogen-bond acceptors (Lipinski definition) is 3. The molecule has 118 valence electrons. The van der Waals surface area contributed by atoms with E-state index in [1.54, 1.807) is 0 Å². The van der Waals surface area contributed by atoms with Crippen LogP contribution in [0.15, 0.2) is 30.5 Å². The average Bonchev–Trinajstić information content (AvgIpc) is 2.85. The topological polar surface area (TPSA) is 34.0 Å². The maximum atomic E-state index is 4.52. The molecule has 0 radical (unpaired) electrons. The molecule has 4 rings (SSSR count). The van der Waals surface area contributed by atoms with Crippen molar-refractivity contribution in [3.05, 3.63) is 52.8 Å². The number of aromatic nitrogens is 3. The SMILES string of the molecule is CCn1c(C)c(C)c2cnnc(N3CCc4ccccc4C3)c21. The summed E-state index contributed by atoms with van der Waals surface area (Å²) < 4.78 is 2.37. The van der Waals surface area contributed by atoms with Gasteiger partial charge in [0.2, 0.25) is 0 Å². The van der Waals surface area contributed by atoms with E-state index >= 15 is 0 Å². The standard InChI is InChI=1S/C19H22N4/c1-4-23-14(3)13(2)17-11-20-21-19(18(17)23)22-10-9-15-7-5-6-8-16(15)12-22/h5-8,11H,4,9-10,12H2,1-3H3. The molecule has 2 aromatic heterocycles. The number of rotatable bonds is 2. The molecule has 0 aliphatic carbocycles. The van der Waals surface area contributed by atoms with Crippen LogP contribution in [0.4, 0.5) is 5.82 Å². The van der Waals surface area contributed by atoms with Crippen LogP contribution in [0.2, 0.25) is 0 Å². The van der Waals surface area contributed by atoms with Gasteiger partial charge in [-0.25, -0.2) is 0 Å². The van der Waals surface area contributed by atoms with Crippen LogP contribution < -0.4 is 4.90 Å². The lowest BCUT2D eigenvalue weighted by molar-refractivity contribution is 0.706. The van der Waals surface area contributed by atoms with E-state index in [-0.39, 0.29) is 0 Å². The first-order valence-electron chi connectivity index (χ1n) is 8.33. The summed E-state index contributed by atoms with van der Waals surface area (Å²) in [5.41, 5.74) is 6.73. The van der Waals surface area contributed by atoms with E-state index in [2.05, 4.69) is 64.7 Å². The Morgan fingerprint density at radius 1 is 1.13 bits per heavy atom. The highest BCUT2D eigenvalue weighted by atomic mass is 15.3. The number of anilines is 1. The zero-order valence-electron chi connectivity index (χ0n) is 14.0. The maximum absolute atomic E-state index is 4.52. The third-order valence-corrected chi connectivity index (χ3v) is 5.17. The predicted molar refractivity (Wildman–Crippen MR) is 93.9 cm³/mol. The van der Waals surface area contributed by atoms with Gasteiger partial charge in [-0.2, -0.15) is 5.10 Å². The molecule has 0 N–H and O–H groups in total. The highest BCUT2D eigenvalue weighted by Gasteiger charge is 2.22. The number of nitrogens with zero attached hydrogens (tertiary/aromatic N) is 4. The Hall–Kier alpha value is -2.36. The minimum Gasteiger partial charge on any atom is -0.349 e. The van der Waals surface area contributed by atoms with Gasteiger partial charge in [-0.05, 0) is 43.9 Å². The van der Waals surface area contributed by atoms with Crippen LogP contribution >= 0.6 is 0 Å². The second-order valence-corrected chi connectivity index (χ2v) is 6.33. The highest BCUT2D eigenvalue weighted by Crippen LogP contribution is 2.32. The van der Waals surface area contributed by atoms with Gasteiger partial charge in [0.25, 0.3) is 0 Å². The Morgan fingerprint density at radius 2 is 1.91 bits per heavy atom. The normalized spacial score (nSPS) is 14.3. The van der Waals surface area contributed by atoms with Gasteiger partial charge in [0.1, 0.15) is 0 Å². The van der Waals surface area contributed by atoms with Crippen molar-refractivity contribution in [3.63, 3.8) is 0 Å². The molecule has 1 aromatic carbocycles. The Morgan fingerprint density at radius 3 is 2.70 bits per heavy atom. The molecule has 23 heavy (non-hydrogen) atoms. The average molecular weight is 306 g/mol. The van der Waals surface area contributed by atoms with Gasteiger partial charge < -0.3 is 9.47 Å². The monoisotopic (exact) mass is 306 g/mol. The van der Waals surface area contributed by atoms with Gasteiger partial charge in [-0.1, -0.05) is 24.3 Å². The lowest BCUT2D eigenvalue weighted by Gasteiger charge is -2.30. The molecule has 0 atom stereocenters. The van der Waals surface area contributed by atoms with Gasteiger partial charge in [0, 0.05) is 30.7 Å². The Balaban J connectivity index is 1.86. The number of aryl methyl sites for hydroxylation is 2. The lowest BCUT2D eigenvalue weighted by atomic mass is 10.00. The van der Waals surface area contributed by atoms with Gasteiger partial charge in [0.05, 0.1) is 11.7 Å². The van der Waals surface area contributed by atoms with E-state index in [4.69, 9.17) is 0 Å². The fraction of sp³-hybridized carbons (Fsp3) is 0.368. The molecule has 4 heteroatoms. The van der Waals surface area contributed by atoms with Crippen LogP contribution in [0.1, 0.15) is 29.3 Å². The van der Waals surface area contributed by atoms with E-state index < -0.39 is 0 Å². The minimum atomic E-state index is 0.914. The summed E-state index contributed by atoms with van der Waals surface area (Å²) in [5.74, 6) is 1.02. The van der Waals surface area contributed by atoms with Crippen LogP contribution in [-0.4, -0.2) is 21.3 Å². The molecule has 0 saturated heterocycles. The largest absolute Gasteiger partial charge is 0.349 e. The molecular formula is C19H22N4. The van der Waals surface area contributed by atoms with Crippen molar-refractivity contribution < 1.29 is 0 Å². The number of fused-ring (bicyclic) bond motifs is 2. The zero-order valence-corrected chi connectivity index (χ0v) is 14.0. The fourth-order valence-corrected chi connectivity index (χ4v) is 3.76. The molecule has 1 aliphatic heterocycles. The summed E-state index contributed by atoms with van der Waals surface area (Å²) in [7, 11) is 0. The summed E-state index contributed by atoms with van der Waals surface area (Å²) in [4.78, 5) is 2.38. The van der Waals surface area contributed by atoms with Crippen molar-refractivity contribution in [2.75, 3.05) is 11.4 Å². The first-order chi connectivity index (χ1) is 11.2. The molecule has 3 aromatic rings. The van der Waals surface area contributed by atoms with Gasteiger partial charge in [-0.3, -0.25) is 0 Å². The molecule has 0 amide bonds. The van der Waals surface area contributed by atoms with Crippen molar-refractivity contribution in [2.24, 2.45) is 0 Å². The second-order valence-electron chi connectivity index (χ2n) is 6.33. The number of hydrogen-bond donors (Lipinski definition) is 0. The van der Waals surface area contributed by atoms with Crippen molar-refractivity contribution in [3.8, 4) is 0 Å². The van der Waals surface area contributed by atoms with Crippen LogP contribution in [0.3, 0.4) is 0 Å². The number of benzene rings is 1. The van der Waals surface area contributed by atoms with Crippen LogP contribution in [-0.2, 0) is 19.5 Å². The molecule has 3 heterocycles. The molecule has 0 unspecified atom stereocenters. The van der Waals surface area contributed by atoms with Crippen LogP contribution in [0, 0.1) is 13.8 Å². The molecule has 0 bridgehead atoms. The molecule has 0 spiro atoms. The molecule has 0 saturated carbocycles. The third kappa shape index (κ3) is 2.12. The first kappa shape index (κ1) is 14.2. The quantitative estimate of drug-likeness (QED) is 0.725. The minimum absolute atomic E-state index is 0.914. The molecular weight excluding hydrogens is 284 g/mol. The zero-order chi connectivity index (χ0) is 16.0. The summed E-state index contributed by atoms with van der Waals surface area (Å²) in [6.07, 6.45) is 2.98.